The lowest BCUT2D eigenvalue weighted by molar-refractivity contribution is 0.335. The first-order valence-electron chi connectivity index (χ1n) is 4.85. The Bertz CT molecular complexity index is 383. The number of halogens is 2. The highest BCUT2D eigenvalue weighted by atomic mass is 79.9. The largest absolute Gasteiger partial charge is 0.493 e. The van der Waals surface area contributed by atoms with Gasteiger partial charge in [0.05, 0.1) is 14.2 Å². The van der Waals surface area contributed by atoms with Crippen molar-refractivity contribution in [3.05, 3.63) is 21.9 Å². The summed E-state index contributed by atoms with van der Waals surface area (Å²) in [6.45, 7) is 1.82. The summed E-state index contributed by atoms with van der Waals surface area (Å²) in [5, 5.41) is 0. The maximum absolute atomic E-state index is 14.1. The monoisotopic (exact) mass is 291 g/mol. The van der Waals surface area contributed by atoms with Crippen LogP contribution in [0.25, 0.3) is 0 Å². The zero-order valence-corrected chi connectivity index (χ0v) is 11.1. The minimum atomic E-state index is -0.425. The molecule has 0 heterocycles. The molecule has 0 saturated carbocycles. The average molecular weight is 292 g/mol. The van der Waals surface area contributed by atoms with E-state index in [0.717, 1.165) is 0 Å². The van der Waals surface area contributed by atoms with Crippen molar-refractivity contribution >= 4 is 15.9 Å². The van der Waals surface area contributed by atoms with Gasteiger partial charge in [0.1, 0.15) is 0 Å². The topological polar surface area (TPSA) is 44.5 Å². The lowest BCUT2D eigenvalue weighted by Crippen LogP contribution is -2.19. The summed E-state index contributed by atoms with van der Waals surface area (Å²) in [5.74, 6) is 0.0488. The molecule has 0 aliphatic carbocycles. The first-order chi connectivity index (χ1) is 7.51. The lowest BCUT2D eigenvalue weighted by atomic mass is 10.1. The highest BCUT2D eigenvalue weighted by Crippen LogP contribution is 2.37. The van der Waals surface area contributed by atoms with Crippen LogP contribution in [0.5, 0.6) is 11.5 Å². The van der Waals surface area contributed by atoms with Gasteiger partial charge in [-0.15, -0.1) is 0 Å². The molecule has 16 heavy (non-hydrogen) atoms. The summed E-state index contributed by atoms with van der Waals surface area (Å²) < 4.78 is 24.7. The van der Waals surface area contributed by atoms with Crippen molar-refractivity contribution in [1.82, 2.24) is 0 Å². The van der Waals surface area contributed by atoms with E-state index >= 15 is 0 Å². The van der Waals surface area contributed by atoms with Gasteiger partial charge in [0.15, 0.2) is 17.3 Å². The maximum Gasteiger partial charge on any atom is 0.197 e. The number of benzene rings is 1. The van der Waals surface area contributed by atoms with Crippen LogP contribution < -0.4 is 15.2 Å². The van der Waals surface area contributed by atoms with Crippen LogP contribution in [0, 0.1) is 5.82 Å². The van der Waals surface area contributed by atoms with Gasteiger partial charge >= 0.3 is 0 Å². The van der Waals surface area contributed by atoms with Gasteiger partial charge in [-0.25, -0.2) is 4.39 Å². The molecule has 0 aliphatic rings. The van der Waals surface area contributed by atoms with E-state index < -0.39 is 5.82 Å². The van der Waals surface area contributed by atoms with Crippen LogP contribution in [-0.4, -0.2) is 20.3 Å². The smallest absolute Gasteiger partial charge is 0.197 e. The fraction of sp³-hybridized carbons (Fsp3) is 0.455. The van der Waals surface area contributed by atoms with Gasteiger partial charge in [0.2, 0.25) is 0 Å². The number of nitrogens with two attached hydrogens (primary N) is 1. The van der Waals surface area contributed by atoms with Crippen LogP contribution in [-0.2, 0) is 6.42 Å². The van der Waals surface area contributed by atoms with E-state index in [1.807, 2.05) is 6.92 Å². The average Bonchev–Trinajstić information content (AvgIpc) is 2.23. The number of rotatable bonds is 4. The number of methoxy groups -OCH3 is 2. The lowest BCUT2D eigenvalue weighted by Gasteiger charge is -2.15. The molecule has 0 amide bonds. The first-order valence-corrected chi connectivity index (χ1v) is 5.65. The van der Waals surface area contributed by atoms with Crippen molar-refractivity contribution in [1.29, 1.82) is 0 Å². The van der Waals surface area contributed by atoms with E-state index in [-0.39, 0.29) is 11.8 Å². The van der Waals surface area contributed by atoms with Crippen LogP contribution in [0.4, 0.5) is 4.39 Å². The van der Waals surface area contributed by atoms with Crippen molar-refractivity contribution in [2.45, 2.75) is 19.4 Å². The Morgan fingerprint density at radius 2 is 2.06 bits per heavy atom. The third-order valence-electron chi connectivity index (χ3n) is 2.18. The third-order valence-corrected chi connectivity index (χ3v) is 2.89. The molecule has 0 fully saturated rings. The molecule has 5 heteroatoms. The summed E-state index contributed by atoms with van der Waals surface area (Å²) >= 11 is 3.30. The molecule has 0 aromatic heterocycles. The molecule has 1 rings (SSSR count). The van der Waals surface area contributed by atoms with Gasteiger partial charge in [0.25, 0.3) is 0 Å². The fourth-order valence-corrected chi connectivity index (χ4v) is 2.01. The van der Waals surface area contributed by atoms with Crippen molar-refractivity contribution in [3.8, 4) is 11.5 Å². The van der Waals surface area contributed by atoms with Gasteiger partial charge in [-0.2, -0.15) is 0 Å². The van der Waals surface area contributed by atoms with E-state index in [1.54, 1.807) is 6.07 Å². The SMILES string of the molecule is COc1cc(Br)c(CC(C)N)c(F)c1OC. The number of hydrogen-bond donors (Lipinski definition) is 1. The van der Waals surface area contributed by atoms with Crippen molar-refractivity contribution < 1.29 is 13.9 Å². The molecule has 2 N–H and O–H groups in total. The molecule has 0 spiro atoms. The standard InChI is InChI=1S/C11H15BrFNO2/c1-6(14)4-7-8(12)5-9(15-2)11(16-3)10(7)13/h5-6H,4,14H2,1-3H3. The fourth-order valence-electron chi connectivity index (χ4n) is 1.47. The molecule has 1 aromatic carbocycles. The molecule has 0 saturated heterocycles. The molecular formula is C11H15BrFNO2. The molecule has 1 aromatic rings. The van der Waals surface area contributed by atoms with Gasteiger partial charge in [0, 0.05) is 16.1 Å². The predicted molar refractivity (Wildman–Crippen MR) is 64.6 cm³/mol. The summed E-state index contributed by atoms with van der Waals surface area (Å²) in [6.07, 6.45) is 0.437. The van der Waals surface area contributed by atoms with Gasteiger partial charge in [-0.1, -0.05) is 15.9 Å². The molecular weight excluding hydrogens is 277 g/mol. The first kappa shape index (κ1) is 13.3. The van der Waals surface area contributed by atoms with Crippen LogP contribution in [0.2, 0.25) is 0 Å². The Morgan fingerprint density at radius 1 is 1.44 bits per heavy atom. The molecule has 1 atom stereocenters. The molecule has 3 nitrogen and oxygen atoms in total. The van der Waals surface area contributed by atoms with E-state index in [4.69, 9.17) is 15.2 Å². The molecule has 0 bridgehead atoms. The Kier molecular flexibility index (Phi) is 4.56. The van der Waals surface area contributed by atoms with Crippen LogP contribution in [0.3, 0.4) is 0 Å². The number of ether oxygens (including phenoxy) is 2. The minimum Gasteiger partial charge on any atom is -0.493 e. The molecule has 0 radical (unpaired) electrons. The second-order valence-corrected chi connectivity index (χ2v) is 4.42. The maximum atomic E-state index is 14.1. The Labute approximate surface area is 103 Å². The minimum absolute atomic E-state index is 0.112. The van der Waals surface area contributed by atoms with Crippen molar-refractivity contribution in [3.63, 3.8) is 0 Å². The van der Waals surface area contributed by atoms with E-state index in [2.05, 4.69) is 15.9 Å². The highest BCUT2D eigenvalue weighted by molar-refractivity contribution is 9.10. The summed E-state index contributed by atoms with van der Waals surface area (Å²) in [6, 6.07) is 1.56. The Balaban J connectivity index is 3.29. The molecule has 1 unspecified atom stereocenters. The second-order valence-electron chi connectivity index (χ2n) is 3.57. The van der Waals surface area contributed by atoms with Crippen molar-refractivity contribution in [2.24, 2.45) is 5.73 Å². The zero-order valence-electron chi connectivity index (χ0n) is 9.51. The Hall–Kier alpha value is -0.810. The zero-order chi connectivity index (χ0) is 12.3. The van der Waals surface area contributed by atoms with Crippen molar-refractivity contribution in [2.75, 3.05) is 14.2 Å². The van der Waals surface area contributed by atoms with Crippen LogP contribution in [0.1, 0.15) is 12.5 Å². The van der Waals surface area contributed by atoms with E-state index in [1.165, 1.54) is 14.2 Å². The number of hydrogen-bond acceptors (Lipinski definition) is 3. The van der Waals surface area contributed by atoms with Gasteiger partial charge in [-0.3, -0.25) is 0 Å². The Morgan fingerprint density at radius 3 is 2.50 bits per heavy atom. The summed E-state index contributed by atoms with van der Waals surface area (Å²) in [7, 11) is 2.87. The summed E-state index contributed by atoms with van der Waals surface area (Å²) in [4.78, 5) is 0. The predicted octanol–water partition coefficient (Wildman–Crippen LogP) is 2.50. The normalized spacial score (nSPS) is 12.4. The van der Waals surface area contributed by atoms with E-state index in [9.17, 15) is 4.39 Å². The van der Waals surface area contributed by atoms with Crippen LogP contribution >= 0.6 is 15.9 Å². The quantitative estimate of drug-likeness (QED) is 0.927. The third kappa shape index (κ3) is 2.65. The molecule has 0 aliphatic heterocycles. The molecule has 90 valence electrons. The van der Waals surface area contributed by atoms with Gasteiger partial charge in [-0.05, 0) is 19.4 Å². The second kappa shape index (κ2) is 5.50. The van der Waals surface area contributed by atoms with E-state index in [0.29, 0.717) is 22.2 Å². The van der Waals surface area contributed by atoms with Gasteiger partial charge < -0.3 is 15.2 Å². The highest BCUT2D eigenvalue weighted by Gasteiger charge is 2.19. The summed E-state index contributed by atoms with van der Waals surface area (Å²) in [5.41, 5.74) is 6.17. The van der Waals surface area contributed by atoms with Crippen LogP contribution in [0.15, 0.2) is 10.5 Å².